The molecule has 1 aromatic carbocycles. The van der Waals surface area contributed by atoms with Crippen molar-refractivity contribution in [2.24, 2.45) is 11.8 Å². The second-order valence-electron chi connectivity index (χ2n) is 7.29. The van der Waals surface area contributed by atoms with Gasteiger partial charge >= 0.3 is 0 Å². The van der Waals surface area contributed by atoms with Crippen LogP contribution in [-0.2, 0) is 11.3 Å². The van der Waals surface area contributed by atoms with Gasteiger partial charge in [-0.25, -0.2) is 9.97 Å². The molecule has 2 aromatic heterocycles. The molecular formula is C21H21ClN4O2. The van der Waals surface area contributed by atoms with Crippen LogP contribution in [0.2, 0.25) is 5.15 Å². The normalized spacial score (nSPS) is 19.5. The van der Waals surface area contributed by atoms with Crippen LogP contribution in [0.15, 0.2) is 53.7 Å². The van der Waals surface area contributed by atoms with E-state index in [0.29, 0.717) is 28.7 Å². The monoisotopic (exact) mass is 396 g/mol. The number of pyridine rings is 1. The van der Waals surface area contributed by atoms with Gasteiger partial charge in [-0.05, 0) is 55.9 Å². The van der Waals surface area contributed by atoms with Gasteiger partial charge in [0.1, 0.15) is 5.15 Å². The Balaban J connectivity index is 1.36. The van der Waals surface area contributed by atoms with Gasteiger partial charge in [-0.3, -0.25) is 14.2 Å². The molecule has 3 aromatic rings. The fourth-order valence-corrected chi connectivity index (χ4v) is 4.02. The van der Waals surface area contributed by atoms with Crippen molar-refractivity contribution in [1.82, 2.24) is 14.5 Å². The Kier molecular flexibility index (Phi) is 5.39. The fraction of sp³-hybridized carbons (Fsp3) is 0.333. The van der Waals surface area contributed by atoms with Crippen LogP contribution < -0.4 is 10.9 Å². The zero-order valence-electron chi connectivity index (χ0n) is 15.3. The lowest BCUT2D eigenvalue weighted by Crippen LogP contribution is -2.30. The third kappa shape index (κ3) is 4.07. The Morgan fingerprint density at radius 1 is 1.14 bits per heavy atom. The molecule has 0 atom stereocenters. The molecule has 0 saturated heterocycles. The average Bonchev–Trinajstić information content (AvgIpc) is 2.71. The van der Waals surface area contributed by atoms with Crippen LogP contribution >= 0.6 is 11.6 Å². The van der Waals surface area contributed by atoms with Gasteiger partial charge < -0.3 is 5.32 Å². The molecule has 0 aliphatic heterocycles. The largest absolute Gasteiger partial charge is 0.326 e. The highest BCUT2D eigenvalue weighted by Gasteiger charge is 2.27. The number of halogens is 1. The first kappa shape index (κ1) is 18.6. The van der Waals surface area contributed by atoms with Crippen LogP contribution in [-0.4, -0.2) is 20.4 Å². The Labute approximate surface area is 167 Å². The molecule has 6 nitrogen and oxygen atoms in total. The van der Waals surface area contributed by atoms with Crippen LogP contribution in [0.4, 0.5) is 5.69 Å². The Bertz CT molecular complexity index is 1060. The lowest BCUT2D eigenvalue weighted by atomic mass is 9.81. The minimum Gasteiger partial charge on any atom is -0.326 e. The average molecular weight is 397 g/mol. The SMILES string of the molecule is O=C(Nc1ccnc(Cl)c1)C1CCC(Cn2cnc3ccccc3c2=O)CC1. The molecule has 1 fully saturated rings. The van der Waals surface area contributed by atoms with E-state index in [0.717, 1.165) is 31.2 Å². The molecular weight excluding hydrogens is 376 g/mol. The number of hydrogen-bond donors (Lipinski definition) is 1. The predicted octanol–water partition coefficient (Wildman–Crippen LogP) is 3.89. The number of aromatic nitrogens is 3. The number of nitrogens with zero attached hydrogens (tertiary/aromatic N) is 3. The van der Waals surface area contributed by atoms with Crippen molar-refractivity contribution in [3.05, 3.63) is 64.4 Å². The van der Waals surface area contributed by atoms with Gasteiger partial charge in [0.25, 0.3) is 5.56 Å². The van der Waals surface area contributed by atoms with E-state index in [1.807, 2.05) is 24.3 Å². The van der Waals surface area contributed by atoms with E-state index in [4.69, 9.17) is 11.6 Å². The van der Waals surface area contributed by atoms with Crippen LogP contribution in [0.5, 0.6) is 0 Å². The highest BCUT2D eigenvalue weighted by molar-refractivity contribution is 6.29. The summed E-state index contributed by atoms with van der Waals surface area (Å²) in [4.78, 5) is 33.5. The molecule has 1 aliphatic carbocycles. The summed E-state index contributed by atoms with van der Waals surface area (Å²) in [7, 11) is 0. The second kappa shape index (κ2) is 8.10. The summed E-state index contributed by atoms with van der Waals surface area (Å²) in [6, 6.07) is 10.8. The molecule has 1 N–H and O–H groups in total. The Hall–Kier alpha value is -2.73. The van der Waals surface area contributed by atoms with E-state index >= 15 is 0 Å². The first-order chi connectivity index (χ1) is 13.6. The van der Waals surface area contributed by atoms with E-state index in [9.17, 15) is 9.59 Å². The molecule has 28 heavy (non-hydrogen) atoms. The Morgan fingerprint density at radius 3 is 2.71 bits per heavy atom. The molecule has 4 rings (SSSR count). The number of fused-ring (bicyclic) bond motifs is 1. The zero-order chi connectivity index (χ0) is 19.5. The standard InChI is InChI=1S/C21H21ClN4O2/c22-19-11-16(9-10-23-19)25-20(27)15-7-5-14(6-8-15)12-26-13-24-18-4-2-1-3-17(18)21(26)28/h1-4,9-11,13-15H,5-8,12H2,(H,23,25,27). The summed E-state index contributed by atoms with van der Waals surface area (Å²) in [5.41, 5.74) is 1.39. The van der Waals surface area contributed by atoms with Gasteiger partial charge in [0, 0.05) is 24.3 Å². The summed E-state index contributed by atoms with van der Waals surface area (Å²) in [5.74, 6) is 0.375. The molecule has 1 amide bonds. The number of anilines is 1. The zero-order valence-corrected chi connectivity index (χ0v) is 16.1. The highest BCUT2D eigenvalue weighted by atomic mass is 35.5. The number of hydrogen-bond acceptors (Lipinski definition) is 4. The van der Waals surface area contributed by atoms with E-state index < -0.39 is 0 Å². The lowest BCUT2D eigenvalue weighted by Gasteiger charge is -2.28. The van der Waals surface area contributed by atoms with Crippen molar-refractivity contribution in [2.75, 3.05) is 5.32 Å². The molecule has 7 heteroatoms. The van der Waals surface area contributed by atoms with Crippen LogP contribution in [0.1, 0.15) is 25.7 Å². The maximum atomic E-state index is 12.6. The number of amides is 1. The fourth-order valence-electron chi connectivity index (χ4n) is 3.85. The van der Waals surface area contributed by atoms with E-state index in [1.54, 1.807) is 29.2 Å². The molecule has 1 aliphatic rings. The van der Waals surface area contributed by atoms with Crippen molar-refractivity contribution in [3.63, 3.8) is 0 Å². The number of carbonyl (C=O) groups excluding carboxylic acids is 1. The van der Waals surface area contributed by atoms with Gasteiger partial charge in [-0.2, -0.15) is 0 Å². The molecule has 0 unspecified atom stereocenters. The number of carbonyl (C=O) groups is 1. The van der Waals surface area contributed by atoms with Gasteiger partial charge in [0.2, 0.25) is 5.91 Å². The molecule has 0 bridgehead atoms. The lowest BCUT2D eigenvalue weighted by molar-refractivity contribution is -0.121. The first-order valence-corrected chi connectivity index (χ1v) is 9.84. The quantitative estimate of drug-likeness (QED) is 0.679. The smallest absolute Gasteiger partial charge is 0.261 e. The van der Waals surface area contributed by atoms with E-state index in [1.165, 1.54) is 0 Å². The van der Waals surface area contributed by atoms with Crippen molar-refractivity contribution in [2.45, 2.75) is 32.2 Å². The topological polar surface area (TPSA) is 76.9 Å². The molecule has 1 saturated carbocycles. The first-order valence-electron chi connectivity index (χ1n) is 9.47. The van der Waals surface area contributed by atoms with E-state index in [-0.39, 0.29) is 17.4 Å². The van der Waals surface area contributed by atoms with Gasteiger partial charge in [0.05, 0.1) is 17.2 Å². The van der Waals surface area contributed by atoms with E-state index in [2.05, 4.69) is 15.3 Å². The van der Waals surface area contributed by atoms with Crippen LogP contribution in [0.25, 0.3) is 10.9 Å². The minimum atomic E-state index is -0.0189. The molecule has 144 valence electrons. The van der Waals surface area contributed by atoms with Crippen molar-refractivity contribution in [3.8, 4) is 0 Å². The highest BCUT2D eigenvalue weighted by Crippen LogP contribution is 2.30. The summed E-state index contributed by atoms with van der Waals surface area (Å²) < 4.78 is 1.70. The van der Waals surface area contributed by atoms with Crippen LogP contribution in [0, 0.1) is 11.8 Å². The summed E-state index contributed by atoms with van der Waals surface area (Å²) in [6.07, 6.45) is 6.65. The molecule has 0 spiro atoms. The van der Waals surface area contributed by atoms with Gasteiger partial charge in [-0.15, -0.1) is 0 Å². The van der Waals surface area contributed by atoms with Crippen molar-refractivity contribution >= 4 is 34.1 Å². The summed E-state index contributed by atoms with van der Waals surface area (Å²) in [5, 5.41) is 3.92. The maximum absolute atomic E-state index is 12.6. The number of rotatable bonds is 4. The van der Waals surface area contributed by atoms with Gasteiger partial charge in [0.15, 0.2) is 0 Å². The second-order valence-corrected chi connectivity index (χ2v) is 7.68. The predicted molar refractivity (Wildman–Crippen MR) is 109 cm³/mol. The molecule has 0 radical (unpaired) electrons. The van der Waals surface area contributed by atoms with Crippen LogP contribution in [0.3, 0.4) is 0 Å². The third-order valence-corrected chi connectivity index (χ3v) is 5.60. The number of nitrogens with one attached hydrogen (secondary N) is 1. The van der Waals surface area contributed by atoms with Crippen molar-refractivity contribution in [1.29, 1.82) is 0 Å². The minimum absolute atomic E-state index is 0.0000299. The summed E-state index contributed by atoms with van der Waals surface area (Å²) >= 11 is 5.86. The molecule has 2 heterocycles. The third-order valence-electron chi connectivity index (χ3n) is 5.40. The Morgan fingerprint density at radius 2 is 1.93 bits per heavy atom. The summed E-state index contributed by atoms with van der Waals surface area (Å²) in [6.45, 7) is 0.644. The number of benzene rings is 1. The van der Waals surface area contributed by atoms with Gasteiger partial charge in [-0.1, -0.05) is 23.7 Å². The number of para-hydroxylation sites is 1. The van der Waals surface area contributed by atoms with Crippen molar-refractivity contribution < 1.29 is 4.79 Å². The maximum Gasteiger partial charge on any atom is 0.261 e.